The molecule has 0 aliphatic heterocycles. The third kappa shape index (κ3) is 4.81. The predicted octanol–water partition coefficient (Wildman–Crippen LogP) is 3.51. The minimum atomic E-state index is -0.646. The molecule has 29 heavy (non-hydrogen) atoms. The number of nitrogens with one attached hydrogen (secondary N) is 2. The van der Waals surface area contributed by atoms with Gasteiger partial charge in [-0.25, -0.2) is 9.18 Å². The van der Waals surface area contributed by atoms with Crippen LogP contribution in [0.25, 0.3) is 0 Å². The zero-order valence-corrected chi connectivity index (χ0v) is 15.3. The summed E-state index contributed by atoms with van der Waals surface area (Å²) in [5, 5.41) is 5.07. The molecule has 3 aromatic rings. The summed E-state index contributed by atoms with van der Waals surface area (Å²) < 4.78 is 18.3. The highest BCUT2D eigenvalue weighted by Gasteiger charge is 2.14. The van der Waals surface area contributed by atoms with Gasteiger partial charge in [-0.1, -0.05) is 12.1 Å². The minimum Gasteiger partial charge on any atom is -0.465 e. The van der Waals surface area contributed by atoms with Crippen molar-refractivity contribution in [1.29, 1.82) is 0 Å². The fourth-order valence-corrected chi connectivity index (χ4v) is 2.46. The van der Waals surface area contributed by atoms with E-state index in [0.717, 1.165) is 0 Å². The largest absolute Gasteiger partial charge is 0.465 e. The lowest BCUT2D eigenvalue weighted by Crippen LogP contribution is -2.17. The van der Waals surface area contributed by atoms with Crippen LogP contribution >= 0.6 is 0 Å². The molecule has 146 valence electrons. The highest BCUT2D eigenvalue weighted by molar-refractivity contribution is 6.08. The summed E-state index contributed by atoms with van der Waals surface area (Å²) in [4.78, 5) is 40.1. The molecular formula is C21H16FN3O4. The molecule has 0 unspecified atom stereocenters. The molecule has 0 fully saturated rings. The number of halogens is 1. The number of nitrogens with zero attached hydrogens (tertiary/aromatic N) is 1. The topological polar surface area (TPSA) is 97.4 Å². The van der Waals surface area contributed by atoms with Crippen LogP contribution < -0.4 is 10.6 Å². The number of esters is 1. The number of benzene rings is 2. The predicted molar refractivity (Wildman–Crippen MR) is 104 cm³/mol. The summed E-state index contributed by atoms with van der Waals surface area (Å²) >= 11 is 0. The maximum atomic E-state index is 13.7. The second-order valence-corrected chi connectivity index (χ2v) is 5.89. The molecule has 0 saturated carbocycles. The highest BCUT2D eigenvalue weighted by Crippen LogP contribution is 2.15. The number of hydrogen-bond donors (Lipinski definition) is 2. The SMILES string of the molecule is COC(=O)c1ccc(NC(=O)c2ccnc(C(=O)Nc3ccccc3F)c2)cc1. The fraction of sp³-hybridized carbons (Fsp3) is 0.0476. The fourth-order valence-electron chi connectivity index (χ4n) is 2.46. The van der Waals surface area contributed by atoms with Crippen molar-refractivity contribution < 1.29 is 23.5 Å². The maximum absolute atomic E-state index is 13.7. The van der Waals surface area contributed by atoms with Gasteiger partial charge in [0, 0.05) is 17.4 Å². The molecule has 0 saturated heterocycles. The Morgan fingerprint density at radius 2 is 1.62 bits per heavy atom. The third-order valence-electron chi connectivity index (χ3n) is 3.94. The number of anilines is 2. The van der Waals surface area contributed by atoms with E-state index in [1.165, 1.54) is 55.8 Å². The first-order valence-corrected chi connectivity index (χ1v) is 8.49. The Labute approximate surface area is 165 Å². The van der Waals surface area contributed by atoms with Crippen LogP contribution in [0.15, 0.2) is 66.9 Å². The molecule has 0 aliphatic carbocycles. The molecule has 0 spiro atoms. The number of para-hydroxylation sites is 1. The van der Waals surface area contributed by atoms with Crippen molar-refractivity contribution in [2.75, 3.05) is 17.7 Å². The van der Waals surface area contributed by atoms with Gasteiger partial charge in [0.1, 0.15) is 11.5 Å². The van der Waals surface area contributed by atoms with Gasteiger partial charge in [-0.15, -0.1) is 0 Å². The van der Waals surface area contributed by atoms with Crippen LogP contribution in [0.2, 0.25) is 0 Å². The number of aromatic nitrogens is 1. The van der Waals surface area contributed by atoms with Gasteiger partial charge in [0.2, 0.25) is 0 Å². The lowest BCUT2D eigenvalue weighted by atomic mass is 10.1. The van der Waals surface area contributed by atoms with E-state index >= 15 is 0 Å². The monoisotopic (exact) mass is 393 g/mol. The van der Waals surface area contributed by atoms with Gasteiger partial charge in [-0.2, -0.15) is 0 Å². The lowest BCUT2D eigenvalue weighted by Gasteiger charge is -2.08. The normalized spacial score (nSPS) is 10.1. The molecule has 3 rings (SSSR count). The van der Waals surface area contributed by atoms with Gasteiger partial charge in [0.25, 0.3) is 11.8 Å². The lowest BCUT2D eigenvalue weighted by molar-refractivity contribution is 0.0600. The van der Waals surface area contributed by atoms with Crippen molar-refractivity contribution in [3.05, 3.63) is 89.5 Å². The van der Waals surface area contributed by atoms with Crippen LogP contribution in [-0.2, 0) is 4.74 Å². The summed E-state index contributed by atoms with van der Waals surface area (Å²) in [7, 11) is 1.28. The van der Waals surface area contributed by atoms with Crippen molar-refractivity contribution in [3.8, 4) is 0 Å². The molecule has 0 bridgehead atoms. The van der Waals surface area contributed by atoms with Crippen molar-refractivity contribution >= 4 is 29.2 Å². The zero-order valence-electron chi connectivity index (χ0n) is 15.3. The number of carbonyl (C=O) groups excluding carboxylic acids is 3. The Hall–Kier alpha value is -4.07. The smallest absolute Gasteiger partial charge is 0.337 e. The first kappa shape index (κ1) is 19.7. The number of pyridine rings is 1. The first-order valence-electron chi connectivity index (χ1n) is 8.49. The Kier molecular flexibility index (Phi) is 5.94. The Balaban J connectivity index is 1.71. The quantitative estimate of drug-likeness (QED) is 0.647. The van der Waals surface area contributed by atoms with Gasteiger partial charge in [-0.05, 0) is 48.5 Å². The van der Waals surface area contributed by atoms with Crippen molar-refractivity contribution in [2.45, 2.75) is 0 Å². The standard InChI is InChI=1S/C21H16FN3O4/c1-29-21(28)13-6-8-15(9-7-13)24-19(26)14-10-11-23-18(12-14)20(27)25-17-5-3-2-4-16(17)22/h2-12H,1H3,(H,24,26)(H,25,27). The van der Waals surface area contributed by atoms with Gasteiger partial charge in [-0.3, -0.25) is 14.6 Å². The van der Waals surface area contributed by atoms with E-state index in [1.807, 2.05) is 0 Å². The first-order chi connectivity index (χ1) is 14.0. The number of carbonyl (C=O) groups is 3. The van der Waals surface area contributed by atoms with Gasteiger partial charge < -0.3 is 15.4 Å². The van der Waals surface area contributed by atoms with Crippen molar-refractivity contribution in [1.82, 2.24) is 4.98 Å². The second kappa shape index (κ2) is 8.75. The Bertz CT molecular complexity index is 1070. The minimum absolute atomic E-state index is 0.0138. The van der Waals surface area contributed by atoms with Gasteiger partial charge in [0.15, 0.2) is 0 Å². The van der Waals surface area contributed by atoms with Crippen LogP contribution in [0.1, 0.15) is 31.2 Å². The molecule has 2 aromatic carbocycles. The van der Waals surface area contributed by atoms with E-state index in [4.69, 9.17) is 0 Å². The second-order valence-electron chi connectivity index (χ2n) is 5.89. The van der Waals surface area contributed by atoms with E-state index in [-0.39, 0.29) is 16.9 Å². The average Bonchev–Trinajstić information content (AvgIpc) is 2.75. The average molecular weight is 393 g/mol. The van der Waals surface area contributed by atoms with Crippen LogP contribution in [0.4, 0.5) is 15.8 Å². The molecule has 0 radical (unpaired) electrons. The highest BCUT2D eigenvalue weighted by atomic mass is 19.1. The van der Waals surface area contributed by atoms with E-state index in [2.05, 4.69) is 20.4 Å². The molecule has 7 nitrogen and oxygen atoms in total. The molecule has 1 aromatic heterocycles. The number of amides is 2. The van der Waals surface area contributed by atoms with E-state index in [1.54, 1.807) is 18.2 Å². The Morgan fingerprint density at radius 1 is 0.897 bits per heavy atom. The molecule has 2 N–H and O–H groups in total. The van der Waals surface area contributed by atoms with Crippen molar-refractivity contribution in [2.24, 2.45) is 0 Å². The number of ether oxygens (including phenoxy) is 1. The number of rotatable bonds is 5. The summed E-state index contributed by atoms with van der Waals surface area (Å²) in [6, 6.07) is 14.6. The summed E-state index contributed by atoms with van der Waals surface area (Å²) in [5.74, 6) is -2.18. The van der Waals surface area contributed by atoms with Gasteiger partial charge >= 0.3 is 5.97 Å². The van der Waals surface area contributed by atoms with E-state index in [0.29, 0.717) is 11.3 Å². The van der Waals surface area contributed by atoms with Crippen molar-refractivity contribution in [3.63, 3.8) is 0 Å². The van der Waals surface area contributed by atoms with Crippen LogP contribution in [0.3, 0.4) is 0 Å². The third-order valence-corrected chi connectivity index (χ3v) is 3.94. The number of methoxy groups -OCH3 is 1. The molecule has 8 heteroatoms. The molecule has 1 heterocycles. The Morgan fingerprint density at radius 3 is 2.31 bits per heavy atom. The zero-order chi connectivity index (χ0) is 20.8. The maximum Gasteiger partial charge on any atom is 0.337 e. The van der Waals surface area contributed by atoms with E-state index < -0.39 is 23.6 Å². The van der Waals surface area contributed by atoms with Crippen LogP contribution in [-0.4, -0.2) is 29.9 Å². The summed E-state index contributed by atoms with van der Waals surface area (Å²) in [6.07, 6.45) is 1.31. The molecule has 0 atom stereocenters. The number of hydrogen-bond acceptors (Lipinski definition) is 5. The molecular weight excluding hydrogens is 377 g/mol. The molecule has 2 amide bonds. The van der Waals surface area contributed by atoms with Crippen LogP contribution in [0, 0.1) is 5.82 Å². The van der Waals surface area contributed by atoms with E-state index in [9.17, 15) is 18.8 Å². The summed E-state index contributed by atoms with van der Waals surface area (Å²) in [5.41, 5.74) is 0.968. The molecule has 0 aliphatic rings. The summed E-state index contributed by atoms with van der Waals surface area (Å²) in [6.45, 7) is 0. The van der Waals surface area contributed by atoms with Gasteiger partial charge in [0.05, 0.1) is 18.4 Å². The van der Waals surface area contributed by atoms with Crippen LogP contribution in [0.5, 0.6) is 0 Å².